The van der Waals surface area contributed by atoms with Crippen LogP contribution in [0.5, 0.6) is 0 Å². The van der Waals surface area contributed by atoms with Crippen LogP contribution < -0.4 is 10.6 Å². The third-order valence-electron chi connectivity index (χ3n) is 4.18. The van der Waals surface area contributed by atoms with E-state index < -0.39 is 6.10 Å². The maximum absolute atomic E-state index is 10.4. The SMILES string of the molecule is CCNC(=NCC(O)c1ccccc1Cl)NC1CCc2ncnn2C1. The lowest BCUT2D eigenvalue weighted by atomic mass is 10.1. The van der Waals surface area contributed by atoms with Crippen molar-refractivity contribution >= 4 is 17.6 Å². The van der Waals surface area contributed by atoms with Crippen LogP contribution >= 0.6 is 11.6 Å². The van der Waals surface area contributed by atoms with E-state index in [0.717, 1.165) is 31.8 Å². The number of aromatic nitrogens is 3. The van der Waals surface area contributed by atoms with Gasteiger partial charge in [-0.25, -0.2) is 9.67 Å². The molecule has 1 aliphatic rings. The van der Waals surface area contributed by atoms with Crippen molar-refractivity contribution in [3.05, 3.63) is 47.0 Å². The van der Waals surface area contributed by atoms with Gasteiger partial charge in [-0.1, -0.05) is 29.8 Å². The molecule has 1 aliphatic heterocycles. The van der Waals surface area contributed by atoms with Crippen LogP contribution in [0.1, 0.15) is 30.8 Å². The smallest absolute Gasteiger partial charge is 0.191 e. The summed E-state index contributed by atoms with van der Waals surface area (Å²) in [5.41, 5.74) is 0.689. The number of benzene rings is 1. The molecule has 0 radical (unpaired) electrons. The van der Waals surface area contributed by atoms with Gasteiger partial charge in [0, 0.05) is 29.6 Å². The number of hydrogen-bond acceptors (Lipinski definition) is 4. The zero-order valence-electron chi connectivity index (χ0n) is 14.2. The summed E-state index contributed by atoms with van der Waals surface area (Å²) in [5.74, 6) is 1.70. The molecule has 25 heavy (non-hydrogen) atoms. The van der Waals surface area contributed by atoms with Crippen molar-refractivity contribution in [3.63, 3.8) is 0 Å². The van der Waals surface area contributed by atoms with E-state index in [2.05, 4.69) is 25.7 Å². The molecular formula is C17H23ClN6O. The van der Waals surface area contributed by atoms with E-state index in [1.807, 2.05) is 29.8 Å². The van der Waals surface area contributed by atoms with Crippen LogP contribution in [-0.4, -0.2) is 45.0 Å². The lowest BCUT2D eigenvalue weighted by Gasteiger charge is -2.25. The van der Waals surface area contributed by atoms with Gasteiger partial charge in [-0.15, -0.1) is 0 Å². The fourth-order valence-corrected chi connectivity index (χ4v) is 3.15. The molecule has 3 N–H and O–H groups in total. The number of aliphatic hydroxyl groups excluding tert-OH is 1. The number of nitrogens with zero attached hydrogens (tertiary/aromatic N) is 4. The standard InChI is InChI=1S/C17H23ClN6O/c1-2-19-17(20-9-15(25)13-5-3-4-6-14(13)18)23-12-7-8-16-21-11-22-24(16)10-12/h3-6,11-12,15,25H,2,7-10H2,1H3,(H2,19,20,23). The van der Waals surface area contributed by atoms with E-state index >= 15 is 0 Å². The minimum Gasteiger partial charge on any atom is -0.386 e. The minimum atomic E-state index is -0.738. The Balaban J connectivity index is 1.62. The molecule has 0 amide bonds. The third kappa shape index (κ3) is 4.49. The summed E-state index contributed by atoms with van der Waals surface area (Å²) in [6.45, 7) is 3.75. The first kappa shape index (κ1) is 17.7. The molecule has 134 valence electrons. The van der Waals surface area contributed by atoms with Gasteiger partial charge in [0.05, 0.1) is 13.1 Å². The van der Waals surface area contributed by atoms with Gasteiger partial charge >= 0.3 is 0 Å². The van der Waals surface area contributed by atoms with Gasteiger partial charge in [0.1, 0.15) is 18.3 Å². The number of rotatable bonds is 5. The molecule has 0 saturated heterocycles. The molecule has 2 aromatic rings. The second kappa shape index (κ2) is 8.31. The molecule has 2 atom stereocenters. The van der Waals surface area contributed by atoms with E-state index in [1.165, 1.54) is 0 Å². The predicted molar refractivity (Wildman–Crippen MR) is 97.7 cm³/mol. The van der Waals surface area contributed by atoms with Gasteiger partial charge in [-0.2, -0.15) is 5.10 Å². The van der Waals surface area contributed by atoms with Gasteiger partial charge in [-0.3, -0.25) is 4.99 Å². The van der Waals surface area contributed by atoms with Gasteiger partial charge < -0.3 is 15.7 Å². The number of aliphatic imine (C=N–C) groups is 1. The molecule has 0 spiro atoms. The van der Waals surface area contributed by atoms with Gasteiger partial charge in [-0.05, 0) is 19.4 Å². The minimum absolute atomic E-state index is 0.226. The third-order valence-corrected chi connectivity index (χ3v) is 4.52. The van der Waals surface area contributed by atoms with Crippen molar-refractivity contribution < 1.29 is 5.11 Å². The molecule has 2 unspecified atom stereocenters. The van der Waals surface area contributed by atoms with Crippen molar-refractivity contribution in [2.45, 2.75) is 38.5 Å². The number of nitrogens with one attached hydrogen (secondary N) is 2. The average Bonchev–Trinajstić information content (AvgIpc) is 3.08. The normalized spacial score (nSPS) is 18.5. The van der Waals surface area contributed by atoms with Crippen LogP contribution in [0.25, 0.3) is 0 Å². The van der Waals surface area contributed by atoms with Crippen molar-refractivity contribution in [3.8, 4) is 0 Å². The van der Waals surface area contributed by atoms with E-state index in [0.29, 0.717) is 16.5 Å². The Labute approximate surface area is 152 Å². The molecule has 2 heterocycles. The Morgan fingerprint density at radius 3 is 3.12 bits per heavy atom. The van der Waals surface area contributed by atoms with Crippen LogP contribution in [-0.2, 0) is 13.0 Å². The summed E-state index contributed by atoms with van der Waals surface area (Å²) < 4.78 is 1.92. The highest BCUT2D eigenvalue weighted by Crippen LogP contribution is 2.22. The number of halogens is 1. The number of hydrogen-bond donors (Lipinski definition) is 3. The molecule has 7 nitrogen and oxygen atoms in total. The zero-order chi connectivity index (χ0) is 17.6. The van der Waals surface area contributed by atoms with E-state index in [1.54, 1.807) is 12.4 Å². The van der Waals surface area contributed by atoms with Crippen LogP contribution in [0.3, 0.4) is 0 Å². The molecule has 0 fully saturated rings. The Hall–Kier alpha value is -2.12. The summed E-state index contributed by atoms with van der Waals surface area (Å²) in [6, 6.07) is 7.51. The second-order valence-electron chi connectivity index (χ2n) is 6.00. The summed E-state index contributed by atoms with van der Waals surface area (Å²) in [4.78, 5) is 8.75. The highest BCUT2D eigenvalue weighted by atomic mass is 35.5. The van der Waals surface area contributed by atoms with E-state index in [9.17, 15) is 5.11 Å². The predicted octanol–water partition coefficient (Wildman–Crippen LogP) is 1.53. The summed E-state index contributed by atoms with van der Waals surface area (Å²) in [6.07, 6.45) is 2.71. The Kier molecular flexibility index (Phi) is 5.88. The lowest BCUT2D eigenvalue weighted by molar-refractivity contribution is 0.187. The van der Waals surface area contributed by atoms with Crippen LogP contribution in [0.2, 0.25) is 5.02 Å². The molecule has 1 aromatic carbocycles. The van der Waals surface area contributed by atoms with E-state index in [4.69, 9.17) is 11.6 Å². The molecule has 0 aliphatic carbocycles. The summed E-state index contributed by atoms with van der Waals surface area (Å²) >= 11 is 6.13. The van der Waals surface area contributed by atoms with Crippen molar-refractivity contribution in [1.82, 2.24) is 25.4 Å². The monoisotopic (exact) mass is 362 g/mol. The lowest BCUT2D eigenvalue weighted by Crippen LogP contribution is -2.47. The summed E-state index contributed by atoms with van der Waals surface area (Å²) in [5, 5.41) is 21.8. The van der Waals surface area contributed by atoms with Crippen LogP contribution in [0.15, 0.2) is 35.6 Å². The Bertz CT molecular complexity index is 731. The first-order valence-electron chi connectivity index (χ1n) is 8.51. The van der Waals surface area contributed by atoms with Crippen molar-refractivity contribution in [2.75, 3.05) is 13.1 Å². The molecular weight excluding hydrogens is 340 g/mol. The maximum atomic E-state index is 10.4. The molecule has 8 heteroatoms. The fraction of sp³-hybridized carbons (Fsp3) is 0.471. The zero-order valence-corrected chi connectivity index (χ0v) is 14.9. The topological polar surface area (TPSA) is 87.4 Å². The van der Waals surface area contributed by atoms with Crippen molar-refractivity contribution in [2.24, 2.45) is 4.99 Å². The number of fused-ring (bicyclic) bond motifs is 1. The average molecular weight is 363 g/mol. The molecule has 1 aromatic heterocycles. The fourth-order valence-electron chi connectivity index (χ4n) is 2.89. The van der Waals surface area contributed by atoms with Gasteiger partial charge in [0.15, 0.2) is 5.96 Å². The highest BCUT2D eigenvalue weighted by Gasteiger charge is 2.20. The van der Waals surface area contributed by atoms with Crippen LogP contribution in [0, 0.1) is 0 Å². The van der Waals surface area contributed by atoms with Crippen molar-refractivity contribution in [1.29, 1.82) is 0 Å². The molecule has 0 bridgehead atoms. The summed E-state index contributed by atoms with van der Waals surface area (Å²) in [7, 11) is 0. The molecule has 0 saturated carbocycles. The number of guanidine groups is 1. The first-order chi connectivity index (χ1) is 12.2. The number of aliphatic hydroxyl groups is 1. The second-order valence-corrected chi connectivity index (χ2v) is 6.40. The van der Waals surface area contributed by atoms with Gasteiger partial charge in [0.25, 0.3) is 0 Å². The maximum Gasteiger partial charge on any atom is 0.191 e. The van der Waals surface area contributed by atoms with Crippen LogP contribution in [0.4, 0.5) is 0 Å². The quantitative estimate of drug-likeness (QED) is 0.554. The van der Waals surface area contributed by atoms with Gasteiger partial charge in [0.2, 0.25) is 0 Å². The Morgan fingerprint density at radius 2 is 2.32 bits per heavy atom. The van der Waals surface area contributed by atoms with E-state index in [-0.39, 0.29) is 12.6 Å². The largest absolute Gasteiger partial charge is 0.386 e. The first-order valence-corrected chi connectivity index (χ1v) is 8.89. The Morgan fingerprint density at radius 1 is 1.48 bits per heavy atom. The molecule has 3 rings (SSSR count). The highest BCUT2D eigenvalue weighted by molar-refractivity contribution is 6.31. The number of aryl methyl sites for hydroxylation is 1.